The minimum atomic E-state index is 0.136. The molecule has 0 spiro atoms. The molecule has 0 saturated carbocycles. The average Bonchev–Trinajstić information content (AvgIpc) is 2.62. The van der Waals surface area contributed by atoms with Gasteiger partial charge in [-0.05, 0) is 35.2 Å². The van der Waals surface area contributed by atoms with Gasteiger partial charge in [-0.3, -0.25) is 4.79 Å². The quantitative estimate of drug-likeness (QED) is 0.944. The number of nitrogens with one attached hydrogen (secondary N) is 1. The van der Waals surface area contributed by atoms with Crippen molar-refractivity contribution in [3.8, 4) is 11.1 Å². The van der Waals surface area contributed by atoms with Crippen molar-refractivity contribution in [2.45, 2.75) is 13.3 Å². The monoisotopic (exact) mass is 294 g/mol. The molecular weight excluding hydrogens is 272 g/mol. The van der Waals surface area contributed by atoms with Gasteiger partial charge in [0.2, 0.25) is 0 Å². The number of rotatable bonds is 3. The summed E-state index contributed by atoms with van der Waals surface area (Å²) in [5.41, 5.74) is 4.44. The van der Waals surface area contributed by atoms with Crippen LogP contribution in [0.1, 0.15) is 22.8 Å². The van der Waals surface area contributed by atoms with E-state index in [1.54, 1.807) is 0 Å². The number of nitrogens with zero attached hydrogens (tertiary/aromatic N) is 1. The van der Waals surface area contributed by atoms with Gasteiger partial charge in [0.25, 0.3) is 5.91 Å². The number of hydrogen-bond donors (Lipinski definition) is 1. The number of amides is 1. The molecule has 0 aliphatic carbocycles. The minimum Gasteiger partial charge on any atom is -0.336 e. The van der Waals surface area contributed by atoms with Crippen molar-refractivity contribution < 1.29 is 4.79 Å². The summed E-state index contributed by atoms with van der Waals surface area (Å²) in [6, 6.07) is 16.4. The maximum Gasteiger partial charge on any atom is 0.253 e. The van der Waals surface area contributed by atoms with Crippen LogP contribution in [-0.2, 0) is 6.42 Å². The van der Waals surface area contributed by atoms with E-state index in [0.29, 0.717) is 0 Å². The molecule has 1 N–H and O–H groups in total. The lowest BCUT2D eigenvalue weighted by atomic mass is 9.96. The third kappa shape index (κ3) is 3.04. The van der Waals surface area contributed by atoms with Crippen LogP contribution in [0.2, 0.25) is 0 Å². The first kappa shape index (κ1) is 14.8. The van der Waals surface area contributed by atoms with Crippen LogP contribution in [0.4, 0.5) is 0 Å². The highest BCUT2D eigenvalue weighted by Crippen LogP contribution is 2.25. The van der Waals surface area contributed by atoms with Crippen LogP contribution < -0.4 is 5.32 Å². The van der Waals surface area contributed by atoms with Gasteiger partial charge in [-0.1, -0.05) is 43.3 Å². The molecule has 1 aliphatic heterocycles. The van der Waals surface area contributed by atoms with Gasteiger partial charge in [-0.25, -0.2) is 0 Å². The summed E-state index contributed by atoms with van der Waals surface area (Å²) in [5, 5.41) is 3.28. The molecule has 3 nitrogen and oxygen atoms in total. The molecule has 3 heteroatoms. The van der Waals surface area contributed by atoms with Gasteiger partial charge in [0.05, 0.1) is 0 Å². The van der Waals surface area contributed by atoms with E-state index in [1.807, 2.05) is 23.1 Å². The van der Waals surface area contributed by atoms with E-state index in [1.165, 1.54) is 11.1 Å². The Kier molecular flexibility index (Phi) is 4.54. The third-order valence-corrected chi connectivity index (χ3v) is 4.22. The SMILES string of the molecule is CCc1ccccc1-c1cccc(C(=O)N2CCNCC2)c1. The van der Waals surface area contributed by atoms with Crippen molar-refractivity contribution >= 4 is 5.91 Å². The van der Waals surface area contributed by atoms with Crippen LogP contribution in [0, 0.1) is 0 Å². The van der Waals surface area contributed by atoms with Gasteiger partial charge < -0.3 is 10.2 Å². The highest BCUT2D eigenvalue weighted by atomic mass is 16.2. The average molecular weight is 294 g/mol. The molecule has 114 valence electrons. The molecule has 2 aromatic carbocycles. The fourth-order valence-electron chi connectivity index (χ4n) is 2.98. The van der Waals surface area contributed by atoms with E-state index in [-0.39, 0.29) is 5.91 Å². The van der Waals surface area contributed by atoms with Crippen molar-refractivity contribution in [2.24, 2.45) is 0 Å². The molecule has 1 amide bonds. The maximum atomic E-state index is 12.6. The van der Waals surface area contributed by atoms with Gasteiger partial charge in [0.1, 0.15) is 0 Å². The molecule has 0 aromatic heterocycles. The minimum absolute atomic E-state index is 0.136. The molecule has 0 bridgehead atoms. The molecular formula is C19H22N2O. The Hall–Kier alpha value is -2.13. The molecule has 22 heavy (non-hydrogen) atoms. The highest BCUT2D eigenvalue weighted by molar-refractivity contribution is 5.95. The van der Waals surface area contributed by atoms with Crippen LogP contribution in [0.5, 0.6) is 0 Å². The first-order valence-electron chi connectivity index (χ1n) is 7.98. The number of hydrogen-bond acceptors (Lipinski definition) is 2. The molecule has 0 radical (unpaired) electrons. The summed E-state index contributed by atoms with van der Waals surface area (Å²) in [4.78, 5) is 14.6. The van der Waals surface area contributed by atoms with Crippen LogP contribution in [0.25, 0.3) is 11.1 Å². The van der Waals surface area contributed by atoms with Crippen LogP contribution in [0.15, 0.2) is 48.5 Å². The van der Waals surface area contributed by atoms with Gasteiger partial charge in [0.15, 0.2) is 0 Å². The van der Waals surface area contributed by atoms with Gasteiger partial charge >= 0.3 is 0 Å². The van der Waals surface area contributed by atoms with Crippen molar-refractivity contribution in [1.29, 1.82) is 0 Å². The summed E-state index contributed by atoms with van der Waals surface area (Å²) >= 11 is 0. The maximum absolute atomic E-state index is 12.6. The summed E-state index contributed by atoms with van der Waals surface area (Å²) in [6.45, 7) is 5.49. The molecule has 3 rings (SSSR count). The molecule has 0 atom stereocenters. The van der Waals surface area contributed by atoms with Crippen LogP contribution in [-0.4, -0.2) is 37.0 Å². The van der Waals surface area contributed by atoms with Gasteiger partial charge in [-0.15, -0.1) is 0 Å². The second-order valence-corrected chi connectivity index (χ2v) is 5.63. The molecule has 1 fully saturated rings. The van der Waals surface area contributed by atoms with E-state index >= 15 is 0 Å². The molecule has 1 aliphatic rings. The van der Waals surface area contributed by atoms with E-state index in [0.717, 1.165) is 43.7 Å². The van der Waals surface area contributed by atoms with Crippen molar-refractivity contribution in [3.63, 3.8) is 0 Å². The predicted octanol–water partition coefficient (Wildman–Crippen LogP) is 2.96. The molecule has 2 aromatic rings. The molecule has 1 saturated heterocycles. The number of piperazine rings is 1. The largest absolute Gasteiger partial charge is 0.336 e. The summed E-state index contributed by atoms with van der Waals surface area (Å²) in [7, 11) is 0. The zero-order valence-corrected chi connectivity index (χ0v) is 13.0. The summed E-state index contributed by atoms with van der Waals surface area (Å²) in [5.74, 6) is 0.136. The normalized spacial score (nSPS) is 14.9. The van der Waals surface area contributed by atoms with E-state index in [2.05, 4.69) is 42.6 Å². The Morgan fingerprint density at radius 1 is 1.09 bits per heavy atom. The first-order valence-corrected chi connectivity index (χ1v) is 7.98. The predicted molar refractivity (Wildman–Crippen MR) is 90.0 cm³/mol. The Bertz CT molecular complexity index is 660. The third-order valence-electron chi connectivity index (χ3n) is 4.22. The number of carbonyl (C=O) groups is 1. The second kappa shape index (κ2) is 6.75. The smallest absolute Gasteiger partial charge is 0.253 e. The summed E-state index contributed by atoms with van der Waals surface area (Å²) in [6.07, 6.45) is 0.992. The van der Waals surface area contributed by atoms with E-state index in [9.17, 15) is 4.79 Å². The lowest BCUT2D eigenvalue weighted by molar-refractivity contribution is 0.0736. The standard InChI is InChI=1S/C19H22N2O/c1-2-15-6-3-4-9-18(15)16-7-5-8-17(14-16)19(22)21-12-10-20-11-13-21/h3-9,14,20H,2,10-13H2,1H3. The number of benzene rings is 2. The molecule has 0 unspecified atom stereocenters. The van der Waals surface area contributed by atoms with Crippen molar-refractivity contribution in [1.82, 2.24) is 10.2 Å². The van der Waals surface area contributed by atoms with E-state index < -0.39 is 0 Å². The first-order chi connectivity index (χ1) is 10.8. The van der Waals surface area contributed by atoms with Gasteiger partial charge in [0, 0.05) is 31.7 Å². The Balaban J connectivity index is 1.90. The van der Waals surface area contributed by atoms with Crippen molar-refractivity contribution in [3.05, 3.63) is 59.7 Å². The van der Waals surface area contributed by atoms with Gasteiger partial charge in [-0.2, -0.15) is 0 Å². The highest BCUT2D eigenvalue weighted by Gasteiger charge is 2.18. The fraction of sp³-hybridized carbons (Fsp3) is 0.316. The molecule has 1 heterocycles. The fourth-order valence-corrected chi connectivity index (χ4v) is 2.98. The zero-order valence-electron chi connectivity index (χ0n) is 13.0. The number of aryl methyl sites for hydroxylation is 1. The Morgan fingerprint density at radius 3 is 2.64 bits per heavy atom. The second-order valence-electron chi connectivity index (χ2n) is 5.63. The summed E-state index contributed by atoms with van der Waals surface area (Å²) < 4.78 is 0. The van der Waals surface area contributed by atoms with E-state index in [4.69, 9.17) is 0 Å². The lowest BCUT2D eigenvalue weighted by Gasteiger charge is -2.27. The topological polar surface area (TPSA) is 32.3 Å². The van der Waals surface area contributed by atoms with Crippen LogP contribution in [0.3, 0.4) is 0 Å². The zero-order chi connectivity index (χ0) is 15.4. The Labute approximate surface area is 132 Å². The van der Waals surface area contributed by atoms with Crippen LogP contribution >= 0.6 is 0 Å². The lowest BCUT2D eigenvalue weighted by Crippen LogP contribution is -2.46. The number of carbonyl (C=O) groups excluding carboxylic acids is 1. The Morgan fingerprint density at radius 2 is 1.86 bits per heavy atom. The van der Waals surface area contributed by atoms with Crippen molar-refractivity contribution in [2.75, 3.05) is 26.2 Å².